The zero-order valence-electron chi connectivity index (χ0n) is 9.35. The van der Waals surface area contributed by atoms with Gasteiger partial charge in [-0.05, 0) is 12.6 Å². The fraction of sp³-hybridized carbons (Fsp3) is 0.417. The second kappa shape index (κ2) is 4.14. The number of likely N-dealkylation sites (N-methyl/N-ethyl adjacent to an activating group) is 1. The molecule has 1 aromatic rings. The first-order valence-electron chi connectivity index (χ1n) is 5.29. The Hall–Kier alpha value is -1.55. The van der Waals surface area contributed by atoms with Crippen molar-refractivity contribution in [3.05, 3.63) is 35.9 Å². The van der Waals surface area contributed by atoms with Gasteiger partial charge in [0.1, 0.15) is 6.61 Å². The SMILES string of the molecule is CN1CC(COC(N)=O)(c2ccccc2)C1. The predicted molar refractivity (Wildman–Crippen MR) is 61.2 cm³/mol. The smallest absolute Gasteiger partial charge is 0.404 e. The zero-order valence-corrected chi connectivity index (χ0v) is 9.35. The number of ether oxygens (including phenoxy) is 1. The summed E-state index contributed by atoms with van der Waals surface area (Å²) in [7, 11) is 2.05. The number of hydrogen-bond donors (Lipinski definition) is 1. The molecule has 1 aromatic carbocycles. The van der Waals surface area contributed by atoms with Gasteiger partial charge in [0.15, 0.2) is 0 Å². The van der Waals surface area contributed by atoms with E-state index in [9.17, 15) is 4.79 Å². The molecule has 1 fully saturated rings. The lowest BCUT2D eigenvalue weighted by molar-refractivity contribution is 0.0290. The highest BCUT2D eigenvalue weighted by Crippen LogP contribution is 2.33. The van der Waals surface area contributed by atoms with Crippen LogP contribution in [0.25, 0.3) is 0 Å². The summed E-state index contributed by atoms with van der Waals surface area (Å²) in [6, 6.07) is 10.1. The second-order valence-electron chi connectivity index (χ2n) is 4.43. The molecule has 2 N–H and O–H groups in total. The largest absolute Gasteiger partial charge is 0.449 e. The van der Waals surface area contributed by atoms with Crippen molar-refractivity contribution in [3.63, 3.8) is 0 Å². The molecule has 0 saturated carbocycles. The molecule has 2 rings (SSSR count). The number of likely N-dealkylation sites (tertiary alicyclic amines) is 1. The van der Waals surface area contributed by atoms with Gasteiger partial charge in [-0.15, -0.1) is 0 Å². The van der Waals surface area contributed by atoms with E-state index in [0.717, 1.165) is 13.1 Å². The van der Waals surface area contributed by atoms with Gasteiger partial charge in [-0.2, -0.15) is 0 Å². The van der Waals surface area contributed by atoms with E-state index in [1.54, 1.807) is 0 Å². The molecule has 1 saturated heterocycles. The normalized spacial score (nSPS) is 18.8. The molecule has 4 heteroatoms. The molecule has 86 valence electrons. The molecule has 0 atom stereocenters. The van der Waals surface area contributed by atoms with Crippen LogP contribution in [-0.2, 0) is 10.2 Å². The van der Waals surface area contributed by atoms with Crippen LogP contribution in [0, 0.1) is 0 Å². The predicted octanol–water partition coefficient (Wildman–Crippen LogP) is 0.965. The summed E-state index contributed by atoms with van der Waals surface area (Å²) < 4.78 is 4.96. The summed E-state index contributed by atoms with van der Waals surface area (Å²) in [5.74, 6) is 0. The summed E-state index contributed by atoms with van der Waals surface area (Å²) in [5, 5.41) is 0. The maximum absolute atomic E-state index is 10.7. The third-order valence-corrected chi connectivity index (χ3v) is 3.02. The van der Waals surface area contributed by atoms with E-state index in [2.05, 4.69) is 17.0 Å². The fourth-order valence-corrected chi connectivity index (χ4v) is 2.35. The van der Waals surface area contributed by atoms with E-state index < -0.39 is 6.09 Å². The highest BCUT2D eigenvalue weighted by molar-refractivity contribution is 5.64. The van der Waals surface area contributed by atoms with E-state index >= 15 is 0 Å². The van der Waals surface area contributed by atoms with Crippen LogP contribution in [0.15, 0.2) is 30.3 Å². The van der Waals surface area contributed by atoms with Gasteiger partial charge in [-0.1, -0.05) is 30.3 Å². The number of nitrogens with zero attached hydrogens (tertiary/aromatic N) is 1. The van der Waals surface area contributed by atoms with E-state index in [4.69, 9.17) is 10.5 Å². The Morgan fingerprint density at radius 1 is 1.44 bits per heavy atom. The first-order chi connectivity index (χ1) is 7.62. The van der Waals surface area contributed by atoms with Crippen LogP contribution in [0.4, 0.5) is 4.79 Å². The minimum absolute atomic E-state index is 0.0783. The first-order valence-corrected chi connectivity index (χ1v) is 5.29. The fourth-order valence-electron chi connectivity index (χ4n) is 2.35. The average molecular weight is 220 g/mol. The van der Waals surface area contributed by atoms with Crippen LogP contribution >= 0.6 is 0 Å². The lowest BCUT2D eigenvalue weighted by atomic mass is 9.75. The average Bonchev–Trinajstić information content (AvgIpc) is 2.24. The van der Waals surface area contributed by atoms with Crippen molar-refractivity contribution in [2.75, 3.05) is 26.7 Å². The third kappa shape index (κ3) is 2.02. The topological polar surface area (TPSA) is 55.6 Å². The molecule has 0 aliphatic carbocycles. The van der Waals surface area contributed by atoms with Crippen LogP contribution < -0.4 is 5.73 Å². The van der Waals surface area contributed by atoms with Crippen molar-refractivity contribution in [1.82, 2.24) is 4.90 Å². The van der Waals surface area contributed by atoms with Crippen molar-refractivity contribution in [2.45, 2.75) is 5.41 Å². The molecular weight excluding hydrogens is 204 g/mol. The van der Waals surface area contributed by atoms with Crippen LogP contribution in [0.2, 0.25) is 0 Å². The lowest BCUT2D eigenvalue weighted by Crippen LogP contribution is -2.60. The van der Waals surface area contributed by atoms with Gasteiger partial charge >= 0.3 is 6.09 Å². The standard InChI is InChI=1S/C12H16N2O2/c1-14-7-12(8-14,9-16-11(13)15)10-5-3-2-4-6-10/h2-6H,7-9H2,1H3,(H2,13,15). The van der Waals surface area contributed by atoms with Gasteiger partial charge < -0.3 is 15.4 Å². The maximum atomic E-state index is 10.7. The molecule has 1 heterocycles. The summed E-state index contributed by atoms with van der Waals surface area (Å²) in [4.78, 5) is 12.9. The Bertz CT molecular complexity index is 372. The van der Waals surface area contributed by atoms with Gasteiger partial charge in [0.2, 0.25) is 0 Å². The number of rotatable bonds is 3. The highest BCUT2D eigenvalue weighted by Gasteiger charge is 2.43. The van der Waals surface area contributed by atoms with Crippen LogP contribution in [0.5, 0.6) is 0 Å². The third-order valence-electron chi connectivity index (χ3n) is 3.02. The number of amides is 1. The number of benzene rings is 1. The van der Waals surface area contributed by atoms with Crippen LogP contribution in [-0.4, -0.2) is 37.7 Å². The zero-order chi connectivity index (χ0) is 11.6. The van der Waals surface area contributed by atoms with Gasteiger partial charge in [0.25, 0.3) is 0 Å². The molecule has 1 aliphatic heterocycles. The molecule has 0 spiro atoms. The van der Waals surface area contributed by atoms with Crippen molar-refractivity contribution < 1.29 is 9.53 Å². The van der Waals surface area contributed by atoms with Gasteiger partial charge in [-0.3, -0.25) is 0 Å². The summed E-state index contributed by atoms with van der Waals surface area (Å²) >= 11 is 0. The van der Waals surface area contributed by atoms with E-state index in [1.807, 2.05) is 25.2 Å². The Morgan fingerprint density at radius 3 is 2.56 bits per heavy atom. The monoisotopic (exact) mass is 220 g/mol. The van der Waals surface area contributed by atoms with Crippen molar-refractivity contribution in [1.29, 1.82) is 0 Å². The Morgan fingerprint density at radius 2 is 2.06 bits per heavy atom. The first kappa shape index (κ1) is 11.0. The number of carbonyl (C=O) groups excluding carboxylic acids is 1. The van der Waals surface area contributed by atoms with Crippen LogP contribution in [0.1, 0.15) is 5.56 Å². The summed E-state index contributed by atoms with van der Waals surface area (Å²) in [6.45, 7) is 2.14. The number of nitrogens with two attached hydrogens (primary N) is 1. The molecule has 0 unspecified atom stereocenters. The quantitative estimate of drug-likeness (QED) is 0.825. The number of primary amides is 1. The minimum atomic E-state index is -0.704. The van der Waals surface area contributed by atoms with E-state index in [0.29, 0.717) is 6.61 Å². The molecular formula is C12H16N2O2. The Balaban J connectivity index is 2.14. The highest BCUT2D eigenvalue weighted by atomic mass is 16.5. The van der Waals surface area contributed by atoms with Gasteiger partial charge in [-0.25, -0.2) is 4.79 Å². The molecule has 0 radical (unpaired) electrons. The Kier molecular flexibility index (Phi) is 2.83. The Labute approximate surface area is 95.0 Å². The minimum Gasteiger partial charge on any atom is -0.449 e. The second-order valence-corrected chi connectivity index (χ2v) is 4.43. The van der Waals surface area contributed by atoms with Crippen molar-refractivity contribution in [2.24, 2.45) is 5.73 Å². The van der Waals surface area contributed by atoms with Crippen molar-refractivity contribution in [3.8, 4) is 0 Å². The number of carbonyl (C=O) groups is 1. The number of hydrogen-bond acceptors (Lipinski definition) is 3. The molecule has 4 nitrogen and oxygen atoms in total. The molecule has 1 aliphatic rings. The molecule has 0 bridgehead atoms. The molecule has 0 aromatic heterocycles. The maximum Gasteiger partial charge on any atom is 0.404 e. The lowest BCUT2D eigenvalue weighted by Gasteiger charge is -2.48. The van der Waals surface area contributed by atoms with Crippen LogP contribution in [0.3, 0.4) is 0 Å². The molecule has 1 amide bonds. The van der Waals surface area contributed by atoms with Gasteiger partial charge in [0, 0.05) is 13.1 Å². The molecule has 16 heavy (non-hydrogen) atoms. The van der Waals surface area contributed by atoms with Crippen molar-refractivity contribution >= 4 is 6.09 Å². The van der Waals surface area contributed by atoms with E-state index in [1.165, 1.54) is 5.56 Å². The summed E-state index contributed by atoms with van der Waals surface area (Å²) in [5.41, 5.74) is 6.14. The van der Waals surface area contributed by atoms with E-state index in [-0.39, 0.29) is 5.41 Å². The van der Waals surface area contributed by atoms with Gasteiger partial charge in [0.05, 0.1) is 5.41 Å². The summed E-state index contributed by atoms with van der Waals surface area (Å²) in [6.07, 6.45) is -0.704.